The summed E-state index contributed by atoms with van der Waals surface area (Å²) in [5.41, 5.74) is 1.78. The highest BCUT2D eigenvalue weighted by atomic mass is 16.2. The SMILES string of the molecule is CN(C)C(=O)c1cccc(CNC2=NCCCN2)c1. The number of aliphatic imine (C=N–C) groups is 1. The Kier molecular flexibility index (Phi) is 4.39. The number of hydrogen-bond acceptors (Lipinski definition) is 4. The molecule has 0 atom stereocenters. The first kappa shape index (κ1) is 13.4. The average Bonchev–Trinajstić information content (AvgIpc) is 2.45. The molecule has 2 rings (SSSR count). The molecule has 19 heavy (non-hydrogen) atoms. The predicted octanol–water partition coefficient (Wildman–Crippen LogP) is 0.827. The molecule has 0 aromatic heterocycles. The van der Waals surface area contributed by atoms with Crippen molar-refractivity contribution >= 4 is 11.9 Å². The zero-order valence-corrected chi connectivity index (χ0v) is 11.4. The quantitative estimate of drug-likeness (QED) is 0.846. The lowest BCUT2D eigenvalue weighted by Crippen LogP contribution is -2.40. The summed E-state index contributed by atoms with van der Waals surface area (Å²) in [4.78, 5) is 17.8. The summed E-state index contributed by atoms with van der Waals surface area (Å²) >= 11 is 0. The largest absolute Gasteiger partial charge is 0.356 e. The van der Waals surface area contributed by atoms with Crippen molar-refractivity contribution in [1.82, 2.24) is 15.5 Å². The molecule has 0 unspecified atom stereocenters. The molecule has 1 aliphatic rings. The van der Waals surface area contributed by atoms with Crippen molar-refractivity contribution in [2.45, 2.75) is 13.0 Å². The van der Waals surface area contributed by atoms with Gasteiger partial charge in [-0.05, 0) is 24.1 Å². The molecule has 1 aromatic carbocycles. The second kappa shape index (κ2) is 6.22. The molecule has 5 heteroatoms. The maximum atomic E-state index is 11.9. The van der Waals surface area contributed by atoms with Crippen LogP contribution in [0.25, 0.3) is 0 Å². The van der Waals surface area contributed by atoms with E-state index < -0.39 is 0 Å². The van der Waals surface area contributed by atoms with Crippen LogP contribution in [0.5, 0.6) is 0 Å². The van der Waals surface area contributed by atoms with Gasteiger partial charge in [0.2, 0.25) is 0 Å². The molecule has 0 aliphatic carbocycles. The van der Waals surface area contributed by atoms with Crippen LogP contribution in [0.2, 0.25) is 0 Å². The van der Waals surface area contributed by atoms with Crippen LogP contribution in [-0.4, -0.2) is 44.0 Å². The number of guanidine groups is 1. The van der Waals surface area contributed by atoms with E-state index in [2.05, 4.69) is 15.6 Å². The summed E-state index contributed by atoms with van der Waals surface area (Å²) in [6.07, 6.45) is 1.08. The van der Waals surface area contributed by atoms with Crippen molar-refractivity contribution in [3.63, 3.8) is 0 Å². The van der Waals surface area contributed by atoms with Gasteiger partial charge in [0.15, 0.2) is 5.96 Å². The number of benzene rings is 1. The highest BCUT2D eigenvalue weighted by molar-refractivity contribution is 5.94. The Bertz CT molecular complexity index is 482. The van der Waals surface area contributed by atoms with Crippen molar-refractivity contribution in [3.05, 3.63) is 35.4 Å². The molecule has 1 amide bonds. The Morgan fingerprint density at radius 1 is 1.47 bits per heavy atom. The minimum Gasteiger partial charge on any atom is -0.356 e. The first-order chi connectivity index (χ1) is 9.16. The van der Waals surface area contributed by atoms with Crippen molar-refractivity contribution < 1.29 is 4.79 Å². The third kappa shape index (κ3) is 3.71. The second-order valence-corrected chi connectivity index (χ2v) is 4.76. The van der Waals surface area contributed by atoms with Crippen molar-refractivity contribution in [2.24, 2.45) is 4.99 Å². The van der Waals surface area contributed by atoms with Crippen LogP contribution in [0.1, 0.15) is 22.3 Å². The number of nitrogens with one attached hydrogen (secondary N) is 2. The normalized spacial score (nSPS) is 14.3. The van der Waals surface area contributed by atoms with Gasteiger partial charge in [-0.25, -0.2) is 0 Å². The Labute approximate surface area is 113 Å². The molecule has 0 bridgehead atoms. The van der Waals surface area contributed by atoms with Crippen LogP contribution < -0.4 is 10.6 Å². The highest BCUT2D eigenvalue weighted by Crippen LogP contribution is 2.07. The molecule has 0 spiro atoms. The van der Waals surface area contributed by atoms with Crippen molar-refractivity contribution in [3.8, 4) is 0 Å². The van der Waals surface area contributed by atoms with E-state index in [1.807, 2.05) is 24.3 Å². The lowest BCUT2D eigenvalue weighted by Gasteiger charge is -2.16. The van der Waals surface area contributed by atoms with E-state index in [4.69, 9.17) is 0 Å². The average molecular weight is 260 g/mol. The fraction of sp³-hybridized carbons (Fsp3) is 0.429. The van der Waals surface area contributed by atoms with Crippen LogP contribution in [0.15, 0.2) is 29.3 Å². The van der Waals surface area contributed by atoms with E-state index in [1.54, 1.807) is 19.0 Å². The van der Waals surface area contributed by atoms with Crippen LogP contribution in [-0.2, 0) is 6.54 Å². The molecule has 102 valence electrons. The summed E-state index contributed by atoms with van der Waals surface area (Å²) in [6, 6.07) is 7.66. The van der Waals surface area contributed by atoms with Crippen LogP contribution in [0.3, 0.4) is 0 Å². The number of nitrogens with zero attached hydrogens (tertiary/aromatic N) is 2. The van der Waals surface area contributed by atoms with Crippen LogP contribution in [0.4, 0.5) is 0 Å². The third-order valence-corrected chi connectivity index (χ3v) is 2.94. The zero-order valence-electron chi connectivity index (χ0n) is 11.4. The number of carbonyl (C=O) groups is 1. The number of carbonyl (C=O) groups excluding carboxylic acids is 1. The lowest BCUT2D eigenvalue weighted by molar-refractivity contribution is 0.0827. The molecule has 1 aliphatic heterocycles. The van der Waals surface area contributed by atoms with Crippen LogP contribution >= 0.6 is 0 Å². The minimum atomic E-state index is 0.0231. The molecule has 0 saturated heterocycles. The highest BCUT2D eigenvalue weighted by Gasteiger charge is 2.08. The standard InChI is InChI=1S/C14H20N4O/c1-18(2)13(19)12-6-3-5-11(9-12)10-17-14-15-7-4-8-16-14/h3,5-6,9H,4,7-8,10H2,1-2H3,(H2,15,16,17). The van der Waals surface area contributed by atoms with Gasteiger partial charge < -0.3 is 15.5 Å². The van der Waals surface area contributed by atoms with Gasteiger partial charge in [0.05, 0.1) is 0 Å². The van der Waals surface area contributed by atoms with Gasteiger partial charge in [0.25, 0.3) is 5.91 Å². The zero-order chi connectivity index (χ0) is 13.7. The van der Waals surface area contributed by atoms with E-state index in [0.717, 1.165) is 31.0 Å². The summed E-state index contributed by atoms with van der Waals surface area (Å²) in [7, 11) is 3.52. The van der Waals surface area contributed by atoms with Gasteiger partial charge in [0.1, 0.15) is 0 Å². The van der Waals surface area contributed by atoms with E-state index in [-0.39, 0.29) is 5.91 Å². The Hall–Kier alpha value is -2.04. The van der Waals surface area contributed by atoms with Gasteiger partial charge in [0, 0.05) is 39.3 Å². The maximum absolute atomic E-state index is 11.9. The molecule has 0 saturated carbocycles. The summed E-state index contributed by atoms with van der Waals surface area (Å²) < 4.78 is 0. The van der Waals surface area contributed by atoms with E-state index in [0.29, 0.717) is 12.1 Å². The smallest absolute Gasteiger partial charge is 0.253 e. The molecule has 1 aromatic rings. The van der Waals surface area contributed by atoms with Gasteiger partial charge >= 0.3 is 0 Å². The van der Waals surface area contributed by atoms with Gasteiger partial charge in [-0.1, -0.05) is 12.1 Å². The number of rotatable bonds is 3. The summed E-state index contributed by atoms with van der Waals surface area (Å²) in [5.74, 6) is 0.866. The van der Waals surface area contributed by atoms with Gasteiger partial charge in [-0.2, -0.15) is 0 Å². The van der Waals surface area contributed by atoms with Crippen molar-refractivity contribution in [1.29, 1.82) is 0 Å². The van der Waals surface area contributed by atoms with Crippen molar-refractivity contribution in [2.75, 3.05) is 27.2 Å². The molecule has 0 fully saturated rings. The lowest BCUT2D eigenvalue weighted by atomic mass is 10.1. The fourth-order valence-corrected chi connectivity index (χ4v) is 1.91. The van der Waals surface area contributed by atoms with Gasteiger partial charge in [-0.15, -0.1) is 0 Å². The number of hydrogen-bond donors (Lipinski definition) is 2. The molecular weight excluding hydrogens is 240 g/mol. The maximum Gasteiger partial charge on any atom is 0.253 e. The van der Waals surface area contributed by atoms with E-state index in [9.17, 15) is 4.79 Å². The second-order valence-electron chi connectivity index (χ2n) is 4.76. The Balaban J connectivity index is 1.99. The predicted molar refractivity (Wildman–Crippen MR) is 76.2 cm³/mol. The van der Waals surface area contributed by atoms with E-state index in [1.165, 1.54) is 0 Å². The molecular formula is C14H20N4O. The number of amides is 1. The molecule has 1 heterocycles. The Morgan fingerprint density at radius 3 is 3.00 bits per heavy atom. The monoisotopic (exact) mass is 260 g/mol. The first-order valence-electron chi connectivity index (χ1n) is 6.49. The molecule has 5 nitrogen and oxygen atoms in total. The van der Waals surface area contributed by atoms with Crippen LogP contribution in [0, 0.1) is 0 Å². The first-order valence-corrected chi connectivity index (χ1v) is 6.49. The Morgan fingerprint density at radius 2 is 2.32 bits per heavy atom. The molecule has 2 N–H and O–H groups in total. The van der Waals surface area contributed by atoms with E-state index >= 15 is 0 Å². The topological polar surface area (TPSA) is 56.7 Å². The summed E-state index contributed by atoms with van der Waals surface area (Å²) in [5, 5.41) is 6.46. The third-order valence-electron chi connectivity index (χ3n) is 2.94. The molecule has 0 radical (unpaired) electrons. The minimum absolute atomic E-state index is 0.0231. The summed E-state index contributed by atoms with van der Waals surface area (Å²) in [6.45, 7) is 2.50. The van der Waals surface area contributed by atoms with Gasteiger partial charge in [-0.3, -0.25) is 9.79 Å². The fourth-order valence-electron chi connectivity index (χ4n) is 1.91.